The molecular weight excluding hydrogens is 330 g/mol. The third-order valence-corrected chi connectivity index (χ3v) is 4.87. The molecule has 118 valence electrons. The molecule has 1 aliphatic carbocycles. The van der Waals surface area contributed by atoms with E-state index in [2.05, 4.69) is 40.2 Å². The number of anilines is 1. The quantitative estimate of drug-likeness (QED) is 0.750. The minimum Gasteiger partial charge on any atom is -0.383 e. The highest BCUT2D eigenvalue weighted by atomic mass is 79.9. The van der Waals surface area contributed by atoms with Crippen molar-refractivity contribution in [2.24, 2.45) is 11.8 Å². The molecule has 21 heavy (non-hydrogen) atoms. The zero-order chi connectivity index (χ0) is 15.2. The maximum absolute atomic E-state index is 12.2. The van der Waals surface area contributed by atoms with Crippen LogP contribution >= 0.6 is 15.9 Å². The van der Waals surface area contributed by atoms with Crippen molar-refractivity contribution in [1.29, 1.82) is 0 Å². The second-order valence-corrected chi connectivity index (χ2v) is 7.27. The van der Waals surface area contributed by atoms with Crippen LogP contribution in [0.25, 0.3) is 0 Å². The molecule has 1 aromatic heterocycles. The molecule has 2 rings (SSSR count). The lowest BCUT2D eigenvalue weighted by Gasteiger charge is -2.13. The molecule has 0 saturated heterocycles. The molecule has 1 heterocycles. The van der Waals surface area contributed by atoms with Gasteiger partial charge in [-0.25, -0.2) is 4.68 Å². The van der Waals surface area contributed by atoms with Crippen molar-refractivity contribution in [2.45, 2.75) is 58.9 Å². The SMILES string of the molecule is CC(C)Cn1ncc(NCCCC2CCCC2)c(Br)c1=O. The molecule has 1 saturated carbocycles. The Kier molecular flexibility index (Phi) is 6.27. The smallest absolute Gasteiger partial charge is 0.283 e. The van der Waals surface area contributed by atoms with Gasteiger partial charge in [-0.05, 0) is 40.6 Å². The molecule has 1 aliphatic rings. The van der Waals surface area contributed by atoms with Crippen LogP contribution in [0.2, 0.25) is 0 Å². The van der Waals surface area contributed by atoms with Crippen molar-refractivity contribution in [2.75, 3.05) is 11.9 Å². The molecule has 0 bridgehead atoms. The molecule has 0 amide bonds. The number of rotatable bonds is 7. The number of hydrogen-bond donors (Lipinski definition) is 1. The summed E-state index contributed by atoms with van der Waals surface area (Å²) in [6.45, 7) is 5.72. The van der Waals surface area contributed by atoms with Crippen molar-refractivity contribution in [3.05, 3.63) is 21.0 Å². The summed E-state index contributed by atoms with van der Waals surface area (Å²) >= 11 is 3.40. The molecule has 5 heteroatoms. The summed E-state index contributed by atoms with van der Waals surface area (Å²) in [6.07, 6.45) is 9.81. The summed E-state index contributed by atoms with van der Waals surface area (Å²) in [4.78, 5) is 12.2. The molecule has 1 fully saturated rings. The Morgan fingerprint density at radius 3 is 2.81 bits per heavy atom. The van der Waals surface area contributed by atoms with Gasteiger partial charge in [0.1, 0.15) is 4.47 Å². The van der Waals surface area contributed by atoms with E-state index in [1.807, 2.05) is 0 Å². The minimum absolute atomic E-state index is 0.0514. The Labute approximate surface area is 135 Å². The lowest BCUT2D eigenvalue weighted by atomic mass is 10.0. The highest BCUT2D eigenvalue weighted by Crippen LogP contribution is 2.28. The largest absolute Gasteiger partial charge is 0.383 e. The molecule has 0 radical (unpaired) electrons. The van der Waals surface area contributed by atoms with Crippen LogP contribution < -0.4 is 10.9 Å². The first-order valence-corrected chi connectivity index (χ1v) is 8.86. The first-order valence-electron chi connectivity index (χ1n) is 8.07. The fourth-order valence-corrected chi connectivity index (χ4v) is 3.42. The fraction of sp³-hybridized carbons (Fsp3) is 0.750. The lowest BCUT2D eigenvalue weighted by Crippen LogP contribution is -2.26. The third kappa shape index (κ3) is 4.83. The zero-order valence-corrected chi connectivity index (χ0v) is 14.7. The summed E-state index contributed by atoms with van der Waals surface area (Å²) in [5.41, 5.74) is 0.760. The molecule has 0 atom stereocenters. The van der Waals surface area contributed by atoms with E-state index in [-0.39, 0.29) is 5.56 Å². The van der Waals surface area contributed by atoms with E-state index >= 15 is 0 Å². The van der Waals surface area contributed by atoms with Gasteiger partial charge in [0.25, 0.3) is 5.56 Å². The maximum Gasteiger partial charge on any atom is 0.283 e. The van der Waals surface area contributed by atoms with Crippen LogP contribution in [0.1, 0.15) is 52.4 Å². The minimum atomic E-state index is -0.0514. The van der Waals surface area contributed by atoms with Gasteiger partial charge in [0.05, 0.1) is 11.9 Å². The van der Waals surface area contributed by atoms with Gasteiger partial charge in [0, 0.05) is 13.1 Å². The summed E-state index contributed by atoms with van der Waals surface area (Å²) in [5, 5.41) is 7.58. The van der Waals surface area contributed by atoms with Crippen molar-refractivity contribution in [3.8, 4) is 0 Å². The van der Waals surface area contributed by atoms with E-state index in [9.17, 15) is 4.79 Å². The molecule has 0 unspecified atom stereocenters. The van der Waals surface area contributed by atoms with Gasteiger partial charge >= 0.3 is 0 Å². The molecule has 4 nitrogen and oxygen atoms in total. The van der Waals surface area contributed by atoms with Crippen LogP contribution in [0.3, 0.4) is 0 Å². The highest BCUT2D eigenvalue weighted by Gasteiger charge is 2.14. The van der Waals surface area contributed by atoms with Crippen molar-refractivity contribution < 1.29 is 0 Å². The maximum atomic E-state index is 12.2. The standard InChI is InChI=1S/C16H26BrN3O/c1-12(2)11-20-16(21)15(17)14(10-19-20)18-9-5-8-13-6-3-4-7-13/h10,12-13,18H,3-9,11H2,1-2H3. The molecule has 0 aromatic carbocycles. The van der Waals surface area contributed by atoms with Crippen LogP contribution in [-0.2, 0) is 6.54 Å². The van der Waals surface area contributed by atoms with Crippen molar-refractivity contribution in [1.82, 2.24) is 9.78 Å². The first kappa shape index (κ1) is 16.5. The average Bonchev–Trinajstić information content (AvgIpc) is 2.95. The van der Waals surface area contributed by atoms with Crippen molar-refractivity contribution >= 4 is 21.6 Å². The van der Waals surface area contributed by atoms with Gasteiger partial charge < -0.3 is 5.32 Å². The predicted octanol–water partition coefficient (Wildman–Crippen LogP) is 4.04. The van der Waals surface area contributed by atoms with Crippen LogP contribution in [0, 0.1) is 11.8 Å². The third-order valence-electron chi connectivity index (χ3n) is 4.10. The summed E-state index contributed by atoms with van der Waals surface area (Å²) in [5.74, 6) is 1.33. The second kappa shape index (κ2) is 7.97. The van der Waals surface area contributed by atoms with Gasteiger partial charge in [0.2, 0.25) is 0 Å². The van der Waals surface area contributed by atoms with Crippen LogP contribution in [0.15, 0.2) is 15.5 Å². The van der Waals surface area contributed by atoms with Crippen LogP contribution in [-0.4, -0.2) is 16.3 Å². The van der Waals surface area contributed by atoms with E-state index in [1.165, 1.54) is 36.8 Å². The van der Waals surface area contributed by atoms with E-state index in [0.29, 0.717) is 16.9 Å². The summed E-state index contributed by atoms with van der Waals surface area (Å²) in [7, 11) is 0. The van der Waals surface area contributed by atoms with E-state index < -0.39 is 0 Å². The van der Waals surface area contributed by atoms with Crippen LogP contribution in [0.4, 0.5) is 5.69 Å². The monoisotopic (exact) mass is 355 g/mol. The molecule has 1 aromatic rings. The van der Waals surface area contributed by atoms with Gasteiger partial charge in [-0.1, -0.05) is 39.5 Å². The number of nitrogens with one attached hydrogen (secondary N) is 1. The van der Waals surface area contributed by atoms with E-state index in [1.54, 1.807) is 6.20 Å². The highest BCUT2D eigenvalue weighted by molar-refractivity contribution is 9.10. The molecular formula is C16H26BrN3O. The Bertz CT molecular complexity index is 507. The number of nitrogens with zero attached hydrogens (tertiary/aromatic N) is 2. The summed E-state index contributed by atoms with van der Waals surface area (Å²) < 4.78 is 2.12. The predicted molar refractivity (Wildman–Crippen MR) is 90.7 cm³/mol. The van der Waals surface area contributed by atoms with Gasteiger partial charge in [0.15, 0.2) is 0 Å². The molecule has 1 N–H and O–H groups in total. The van der Waals surface area contributed by atoms with E-state index in [4.69, 9.17) is 0 Å². The average molecular weight is 356 g/mol. The second-order valence-electron chi connectivity index (χ2n) is 6.47. The van der Waals surface area contributed by atoms with Gasteiger partial charge in [-0.3, -0.25) is 4.79 Å². The first-order chi connectivity index (χ1) is 10.1. The van der Waals surface area contributed by atoms with E-state index in [0.717, 1.165) is 24.6 Å². The summed E-state index contributed by atoms with van der Waals surface area (Å²) in [6, 6.07) is 0. The van der Waals surface area contributed by atoms with Gasteiger partial charge in [-0.2, -0.15) is 5.10 Å². The Morgan fingerprint density at radius 2 is 2.14 bits per heavy atom. The number of aromatic nitrogens is 2. The lowest BCUT2D eigenvalue weighted by molar-refractivity contribution is 0.462. The van der Waals surface area contributed by atoms with Crippen molar-refractivity contribution in [3.63, 3.8) is 0 Å². The number of hydrogen-bond acceptors (Lipinski definition) is 3. The zero-order valence-electron chi connectivity index (χ0n) is 13.1. The molecule has 0 spiro atoms. The Hall–Kier alpha value is -0.840. The number of halogens is 1. The van der Waals surface area contributed by atoms with Crippen LogP contribution in [0.5, 0.6) is 0 Å². The normalized spacial score (nSPS) is 15.8. The Morgan fingerprint density at radius 1 is 1.43 bits per heavy atom. The Balaban J connectivity index is 1.85. The molecule has 0 aliphatic heterocycles. The topological polar surface area (TPSA) is 46.9 Å². The fourth-order valence-electron chi connectivity index (χ4n) is 2.98. The van der Waals surface area contributed by atoms with Gasteiger partial charge in [-0.15, -0.1) is 0 Å².